The van der Waals surface area contributed by atoms with Crippen LogP contribution in [-0.2, 0) is 6.61 Å². The van der Waals surface area contributed by atoms with Gasteiger partial charge in [0, 0.05) is 16.7 Å². The number of rotatable bonds is 4. The Balaban J connectivity index is 0.00000256. The average Bonchev–Trinajstić information content (AvgIpc) is 3.15. The van der Waals surface area contributed by atoms with Crippen molar-refractivity contribution in [2.75, 3.05) is 5.32 Å². The van der Waals surface area contributed by atoms with Crippen LogP contribution in [0, 0.1) is 19.3 Å². The van der Waals surface area contributed by atoms with E-state index in [0.717, 1.165) is 6.20 Å². The Hall–Kier alpha value is -2.90. The number of thiazole rings is 1. The number of anilines is 2. The number of aromatic nitrogens is 4. The Bertz CT molecular complexity index is 1290. The second kappa shape index (κ2) is 8.85. The summed E-state index contributed by atoms with van der Waals surface area (Å²) in [6.07, 6.45) is 1.07. The number of aliphatic hydroxyl groups excluding tert-OH is 1. The van der Waals surface area contributed by atoms with Crippen LogP contribution in [0.3, 0.4) is 0 Å². The number of hydrogen-bond donors (Lipinski definition) is 2. The molecule has 4 rings (SSSR count). The number of fused-ring (bicyclic) bond motifs is 1. The van der Waals surface area contributed by atoms with Crippen LogP contribution < -0.4 is 5.32 Å². The normalized spacial score (nSPS) is 10.5. The van der Waals surface area contributed by atoms with Crippen molar-refractivity contribution >= 4 is 62.9 Å². The number of nitrogens with zero attached hydrogens (tertiary/aromatic N) is 5. The minimum Gasteiger partial charge on any atom is -0.390 e. The molecular weight excluding hydrogens is 450 g/mol. The quantitative estimate of drug-likeness (QED) is 0.391. The SMILES string of the molecule is Cl.[C-]#[N+]c1cccc(Cl)c1-c1nc2c(F)cnc(Nc3cc(CO)nc(C)n3)c2s1. The van der Waals surface area contributed by atoms with Crippen molar-refractivity contribution < 1.29 is 9.50 Å². The summed E-state index contributed by atoms with van der Waals surface area (Å²) in [6, 6.07) is 6.55. The third-order valence-corrected chi connectivity index (χ3v) is 5.40. The zero-order valence-electron chi connectivity index (χ0n) is 15.3. The third kappa shape index (κ3) is 4.04. The van der Waals surface area contributed by atoms with Crippen LogP contribution in [0.5, 0.6) is 0 Å². The van der Waals surface area contributed by atoms with E-state index in [1.165, 1.54) is 11.3 Å². The Morgan fingerprint density at radius 2 is 2.10 bits per heavy atom. The number of hydrogen-bond acceptors (Lipinski definition) is 7. The maximum atomic E-state index is 14.4. The standard InChI is InChI=1S/C19H12ClFN6OS.ClH/c1-9-24-10(8-28)6-14(25-9)26-18-17-16(12(21)7-23-18)27-19(29-17)15-11(20)4-3-5-13(15)22-2;/h3-7,28H,8H2,1H3,(H,23,24,25,26);1H. The molecule has 0 saturated carbocycles. The van der Waals surface area contributed by atoms with E-state index < -0.39 is 5.82 Å². The van der Waals surface area contributed by atoms with Crippen molar-refractivity contribution in [3.63, 3.8) is 0 Å². The topological polar surface area (TPSA) is 88.2 Å². The molecule has 0 atom stereocenters. The lowest BCUT2D eigenvalue weighted by Gasteiger charge is -2.07. The number of pyridine rings is 1. The summed E-state index contributed by atoms with van der Waals surface area (Å²) < 4.78 is 14.9. The van der Waals surface area contributed by atoms with Crippen molar-refractivity contribution in [2.24, 2.45) is 0 Å². The van der Waals surface area contributed by atoms with Crippen molar-refractivity contribution in [1.29, 1.82) is 0 Å². The second-order valence-electron chi connectivity index (χ2n) is 5.97. The summed E-state index contributed by atoms with van der Waals surface area (Å²) >= 11 is 7.46. The number of aryl methyl sites for hydroxylation is 1. The van der Waals surface area contributed by atoms with Crippen LogP contribution in [0.2, 0.25) is 5.02 Å². The van der Waals surface area contributed by atoms with E-state index in [1.807, 2.05) is 0 Å². The Kier molecular flexibility index (Phi) is 6.43. The molecule has 0 bridgehead atoms. The van der Waals surface area contributed by atoms with Crippen LogP contribution in [0.1, 0.15) is 11.5 Å². The number of aliphatic hydroxyl groups is 1. The summed E-state index contributed by atoms with van der Waals surface area (Å²) in [5.74, 6) is 0.652. The van der Waals surface area contributed by atoms with Gasteiger partial charge in [-0.3, -0.25) is 0 Å². The molecule has 0 aliphatic rings. The molecule has 2 N–H and O–H groups in total. The summed E-state index contributed by atoms with van der Waals surface area (Å²) in [7, 11) is 0. The first-order chi connectivity index (χ1) is 14.0. The van der Waals surface area contributed by atoms with E-state index >= 15 is 0 Å². The van der Waals surface area contributed by atoms with Crippen LogP contribution in [0.25, 0.3) is 25.6 Å². The molecule has 1 aromatic carbocycles. The molecule has 4 aromatic rings. The molecule has 30 heavy (non-hydrogen) atoms. The highest BCUT2D eigenvalue weighted by Crippen LogP contribution is 2.42. The first-order valence-electron chi connectivity index (χ1n) is 8.34. The summed E-state index contributed by atoms with van der Waals surface area (Å²) in [4.78, 5) is 20.4. The van der Waals surface area contributed by atoms with Crippen LogP contribution in [0.4, 0.5) is 21.7 Å². The molecule has 0 unspecified atom stereocenters. The predicted octanol–water partition coefficient (Wildman–Crippen LogP) is 5.46. The number of halogens is 3. The lowest BCUT2D eigenvalue weighted by atomic mass is 10.2. The molecule has 3 heterocycles. The van der Waals surface area contributed by atoms with E-state index in [2.05, 4.69) is 30.1 Å². The van der Waals surface area contributed by atoms with Crippen molar-refractivity contribution in [3.05, 3.63) is 64.2 Å². The molecule has 0 spiro atoms. The van der Waals surface area contributed by atoms with Crippen LogP contribution in [0.15, 0.2) is 30.5 Å². The van der Waals surface area contributed by atoms with Gasteiger partial charge in [-0.25, -0.2) is 29.2 Å². The molecule has 0 aliphatic carbocycles. The molecule has 0 aliphatic heterocycles. The lowest BCUT2D eigenvalue weighted by Crippen LogP contribution is -2.02. The fraction of sp³-hybridized carbons (Fsp3) is 0.105. The molecule has 7 nitrogen and oxygen atoms in total. The largest absolute Gasteiger partial charge is 0.390 e. The van der Waals surface area contributed by atoms with Gasteiger partial charge in [0.2, 0.25) is 0 Å². The second-order valence-corrected chi connectivity index (χ2v) is 7.38. The minimum atomic E-state index is -0.584. The molecule has 0 fully saturated rings. The van der Waals surface area contributed by atoms with Crippen molar-refractivity contribution in [3.8, 4) is 10.6 Å². The summed E-state index contributed by atoms with van der Waals surface area (Å²) in [5, 5.41) is 13.2. The molecule has 11 heteroatoms. The maximum absolute atomic E-state index is 14.4. The van der Waals surface area contributed by atoms with E-state index in [9.17, 15) is 9.50 Å². The van der Waals surface area contributed by atoms with Crippen molar-refractivity contribution in [2.45, 2.75) is 13.5 Å². The first-order valence-corrected chi connectivity index (χ1v) is 9.53. The lowest BCUT2D eigenvalue weighted by molar-refractivity contribution is 0.276. The van der Waals surface area contributed by atoms with Gasteiger partial charge in [-0.1, -0.05) is 23.7 Å². The minimum absolute atomic E-state index is 0. The van der Waals surface area contributed by atoms with Crippen LogP contribution >= 0.6 is 35.3 Å². The average molecular weight is 463 g/mol. The van der Waals surface area contributed by atoms with Gasteiger partial charge in [-0.2, -0.15) is 0 Å². The number of benzene rings is 1. The van der Waals surface area contributed by atoms with Gasteiger partial charge in [0.15, 0.2) is 17.3 Å². The van der Waals surface area contributed by atoms with Gasteiger partial charge in [0.1, 0.15) is 26.9 Å². The fourth-order valence-electron chi connectivity index (χ4n) is 2.79. The molecular formula is C19H13Cl2FN6OS. The van der Waals surface area contributed by atoms with Gasteiger partial charge in [-0.15, -0.1) is 23.7 Å². The van der Waals surface area contributed by atoms with E-state index in [4.69, 9.17) is 18.2 Å². The van der Waals surface area contributed by atoms with E-state index in [1.54, 1.807) is 31.2 Å². The monoisotopic (exact) mass is 462 g/mol. The first kappa shape index (κ1) is 21.8. The van der Waals surface area contributed by atoms with E-state index in [-0.39, 0.29) is 24.5 Å². The Morgan fingerprint density at radius 1 is 1.30 bits per heavy atom. The van der Waals surface area contributed by atoms with E-state index in [0.29, 0.717) is 49.1 Å². The maximum Gasteiger partial charge on any atom is 0.198 e. The fourth-order valence-corrected chi connectivity index (χ4v) is 4.20. The highest BCUT2D eigenvalue weighted by Gasteiger charge is 2.19. The summed E-state index contributed by atoms with van der Waals surface area (Å²) in [5.41, 5.74) is 1.35. The zero-order valence-corrected chi connectivity index (χ0v) is 17.7. The van der Waals surface area contributed by atoms with Gasteiger partial charge in [-0.05, 0) is 13.0 Å². The summed E-state index contributed by atoms with van der Waals surface area (Å²) in [6.45, 7) is 8.83. The van der Waals surface area contributed by atoms with Gasteiger partial charge >= 0.3 is 0 Å². The van der Waals surface area contributed by atoms with Gasteiger partial charge in [0.05, 0.1) is 25.1 Å². The van der Waals surface area contributed by atoms with Crippen molar-refractivity contribution in [1.82, 2.24) is 19.9 Å². The van der Waals surface area contributed by atoms with Gasteiger partial charge in [0.25, 0.3) is 0 Å². The highest BCUT2D eigenvalue weighted by atomic mass is 35.5. The van der Waals surface area contributed by atoms with Gasteiger partial charge < -0.3 is 10.4 Å². The molecule has 0 amide bonds. The molecule has 0 saturated heterocycles. The predicted molar refractivity (Wildman–Crippen MR) is 117 cm³/mol. The zero-order chi connectivity index (χ0) is 20.5. The number of nitrogens with one attached hydrogen (secondary N) is 1. The molecule has 152 valence electrons. The highest BCUT2D eigenvalue weighted by molar-refractivity contribution is 7.22. The smallest absolute Gasteiger partial charge is 0.198 e. The molecule has 3 aromatic heterocycles. The molecule has 0 radical (unpaired) electrons. The third-order valence-electron chi connectivity index (χ3n) is 4.00. The Labute approximate surface area is 185 Å². The van der Waals surface area contributed by atoms with Crippen LogP contribution in [-0.4, -0.2) is 25.0 Å². The Morgan fingerprint density at radius 3 is 2.83 bits per heavy atom.